The molecule has 0 aliphatic rings. The second-order valence-corrected chi connectivity index (χ2v) is 10.5. The number of esters is 2. The van der Waals surface area contributed by atoms with E-state index in [9.17, 15) is 9.59 Å². The van der Waals surface area contributed by atoms with Crippen molar-refractivity contribution in [2.75, 3.05) is 13.2 Å². The van der Waals surface area contributed by atoms with Gasteiger partial charge in [0, 0.05) is 12.8 Å². The van der Waals surface area contributed by atoms with Crippen LogP contribution in [-0.4, -0.2) is 25.2 Å². The third-order valence-corrected chi connectivity index (χ3v) is 6.99. The summed E-state index contributed by atoms with van der Waals surface area (Å²) in [5.74, 6) is -0.123. The lowest BCUT2D eigenvalue weighted by molar-refractivity contribution is -0.144. The molecule has 0 aliphatic heterocycles. The number of carbonyl (C=O) groups is 2. The highest BCUT2D eigenvalue weighted by Gasteiger charge is 2.04. The molecule has 1 rings (SSSR count). The van der Waals surface area contributed by atoms with Crippen molar-refractivity contribution in [3.8, 4) is 0 Å². The third-order valence-electron chi connectivity index (χ3n) is 6.99. The summed E-state index contributed by atoms with van der Waals surface area (Å²) in [7, 11) is 0. The van der Waals surface area contributed by atoms with Crippen molar-refractivity contribution in [2.24, 2.45) is 0 Å². The first-order chi connectivity index (χ1) is 18.2. The maximum atomic E-state index is 11.9. The second-order valence-electron chi connectivity index (χ2n) is 10.5. The summed E-state index contributed by atoms with van der Waals surface area (Å²) >= 11 is 0. The average molecular weight is 517 g/mol. The van der Waals surface area contributed by atoms with Gasteiger partial charge >= 0.3 is 11.9 Å². The van der Waals surface area contributed by atoms with Gasteiger partial charge < -0.3 is 9.47 Å². The smallest absolute Gasteiger partial charge is 0.305 e. The zero-order chi connectivity index (χ0) is 26.7. The lowest BCUT2D eigenvalue weighted by Gasteiger charge is -2.06. The van der Waals surface area contributed by atoms with Crippen molar-refractivity contribution in [3.63, 3.8) is 0 Å². The first-order valence-electron chi connectivity index (χ1n) is 15.6. The van der Waals surface area contributed by atoms with Crippen molar-refractivity contribution in [2.45, 2.75) is 148 Å². The van der Waals surface area contributed by atoms with Gasteiger partial charge in [-0.05, 0) is 37.7 Å². The highest BCUT2D eigenvalue weighted by atomic mass is 16.5. The summed E-state index contributed by atoms with van der Waals surface area (Å²) in [5.41, 5.74) is 1.28. The molecule has 0 saturated heterocycles. The Balaban J connectivity index is 1.76. The molecular weight excluding hydrogens is 460 g/mol. The lowest BCUT2D eigenvalue weighted by Crippen LogP contribution is -2.06. The van der Waals surface area contributed by atoms with Crippen LogP contribution in [0.25, 0.3) is 0 Å². The van der Waals surface area contributed by atoms with Crippen LogP contribution in [0, 0.1) is 0 Å². The van der Waals surface area contributed by atoms with Crippen LogP contribution in [0.3, 0.4) is 0 Å². The number of benzene rings is 1. The lowest BCUT2D eigenvalue weighted by atomic mass is 10.1. The van der Waals surface area contributed by atoms with Crippen LogP contribution < -0.4 is 0 Å². The Bertz CT molecular complexity index is 643. The molecular formula is C33H56O4. The molecule has 1 aromatic rings. The Morgan fingerprint density at radius 2 is 0.919 bits per heavy atom. The molecule has 0 N–H and O–H groups in total. The van der Waals surface area contributed by atoms with Crippen LogP contribution in [-0.2, 0) is 25.5 Å². The number of carbonyl (C=O) groups excluding carboxylic acids is 2. The Morgan fingerprint density at radius 1 is 0.514 bits per heavy atom. The van der Waals surface area contributed by atoms with Gasteiger partial charge in [-0.2, -0.15) is 0 Å². The van der Waals surface area contributed by atoms with Gasteiger partial charge in [-0.3, -0.25) is 9.59 Å². The molecule has 4 nitrogen and oxygen atoms in total. The monoisotopic (exact) mass is 516 g/mol. The van der Waals surface area contributed by atoms with E-state index in [1.807, 2.05) is 18.2 Å². The predicted molar refractivity (Wildman–Crippen MR) is 155 cm³/mol. The van der Waals surface area contributed by atoms with Crippen molar-refractivity contribution in [3.05, 3.63) is 35.9 Å². The summed E-state index contributed by atoms with van der Waals surface area (Å²) in [4.78, 5) is 23.7. The van der Waals surface area contributed by atoms with Gasteiger partial charge in [0.25, 0.3) is 0 Å². The zero-order valence-electron chi connectivity index (χ0n) is 24.0. The van der Waals surface area contributed by atoms with Crippen LogP contribution in [0.5, 0.6) is 0 Å². The average Bonchev–Trinajstić information content (AvgIpc) is 2.91. The fourth-order valence-electron chi connectivity index (χ4n) is 4.63. The van der Waals surface area contributed by atoms with Crippen LogP contribution in [0.15, 0.2) is 30.3 Å². The summed E-state index contributed by atoms with van der Waals surface area (Å²) in [5, 5.41) is 0. The normalized spacial score (nSPS) is 10.9. The molecule has 0 heterocycles. The van der Waals surface area contributed by atoms with E-state index in [0.29, 0.717) is 26.1 Å². The Hall–Kier alpha value is -1.84. The van der Waals surface area contributed by atoms with E-state index in [-0.39, 0.29) is 11.9 Å². The quantitative estimate of drug-likeness (QED) is 0.0908. The Kier molecular flexibility index (Phi) is 23.1. The first kappa shape index (κ1) is 33.2. The minimum Gasteiger partial charge on any atom is -0.466 e. The van der Waals surface area contributed by atoms with Crippen molar-refractivity contribution in [1.82, 2.24) is 0 Å². The maximum Gasteiger partial charge on any atom is 0.305 e. The molecule has 0 unspecified atom stereocenters. The highest BCUT2D eigenvalue weighted by Crippen LogP contribution is 2.13. The topological polar surface area (TPSA) is 52.6 Å². The van der Waals surface area contributed by atoms with Crippen LogP contribution >= 0.6 is 0 Å². The van der Waals surface area contributed by atoms with Gasteiger partial charge in [-0.25, -0.2) is 0 Å². The highest BCUT2D eigenvalue weighted by molar-refractivity contribution is 5.69. The fourth-order valence-corrected chi connectivity index (χ4v) is 4.63. The minimum absolute atomic E-state index is 0.0434. The number of ether oxygens (including phenoxy) is 2. The molecule has 1 aromatic carbocycles. The molecule has 0 aliphatic carbocycles. The van der Waals surface area contributed by atoms with E-state index in [1.54, 1.807) is 0 Å². The molecule has 0 bridgehead atoms. The molecule has 0 radical (unpaired) electrons. The molecule has 0 amide bonds. The summed E-state index contributed by atoms with van der Waals surface area (Å²) in [6.45, 7) is 3.35. The van der Waals surface area contributed by atoms with Gasteiger partial charge in [-0.1, -0.05) is 134 Å². The molecule has 0 saturated carbocycles. The standard InChI is InChI=1S/C33H56O4/c1-2-3-4-5-6-7-8-9-10-13-16-22-29-36-32(34)27-20-14-11-12-15-21-28-33(35)37-30-23-26-31-24-18-17-19-25-31/h17-19,24-25H,2-16,20-23,26-30H2,1H3. The van der Waals surface area contributed by atoms with Crippen LogP contribution in [0.4, 0.5) is 0 Å². The molecule has 0 aromatic heterocycles. The second kappa shape index (κ2) is 25.8. The van der Waals surface area contributed by atoms with Gasteiger partial charge in [0.05, 0.1) is 13.2 Å². The molecule has 37 heavy (non-hydrogen) atoms. The van der Waals surface area contributed by atoms with Gasteiger partial charge in [0.15, 0.2) is 0 Å². The summed E-state index contributed by atoms with van der Waals surface area (Å²) in [6.07, 6.45) is 24.8. The van der Waals surface area contributed by atoms with E-state index in [0.717, 1.165) is 57.8 Å². The maximum absolute atomic E-state index is 11.9. The van der Waals surface area contributed by atoms with Gasteiger partial charge in [0.1, 0.15) is 0 Å². The zero-order valence-corrected chi connectivity index (χ0v) is 24.0. The number of aryl methyl sites for hydroxylation is 1. The van der Waals surface area contributed by atoms with E-state index in [2.05, 4.69) is 19.1 Å². The van der Waals surface area contributed by atoms with E-state index in [4.69, 9.17) is 9.47 Å². The molecule has 212 valence electrons. The van der Waals surface area contributed by atoms with E-state index >= 15 is 0 Å². The van der Waals surface area contributed by atoms with E-state index in [1.165, 1.54) is 76.2 Å². The Morgan fingerprint density at radius 3 is 1.41 bits per heavy atom. The van der Waals surface area contributed by atoms with Gasteiger partial charge in [-0.15, -0.1) is 0 Å². The molecule has 0 atom stereocenters. The number of rotatable bonds is 26. The van der Waals surface area contributed by atoms with Crippen LogP contribution in [0.2, 0.25) is 0 Å². The fraction of sp³-hybridized carbons (Fsp3) is 0.758. The summed E-state index contributed by atoms with van der Waals surface area (Å²) in [6, 6.07) is 10.3. The molecule has 0 fully saturated rings. The third kappa shape index (κ3) is 23.0. The minimum atomic E-state index is -0.0797. The number of unbranched alkanes of at least 4 members (excludes halogenated alkanes) is 16. The number of hydrogen-bond donors (Lipinski definition) is 0. The number of hydrogen-bond acceptors (Lipinski definition) is 4. The SMILES string of the molecule is CCCCCCCCCCCCCCOC(=O)CCCCCCCCC(=O)OCCCc1ccccc1. The van der Waals surface area contributed by atoms with Gasteiger partial charge in [0.2, 0.25) is 0 Å². The Labute approximate surface area is 228 Å². The van der Waals surface area contributed by atoms with Crippen LogP contribution in [0.1, 0.15) is 147 Å². The largest absolute Gasteiger partial charge is 0.466 e. The molecule has 0 spiro atoms. The summed E-state index contributed by atoms with van der Waals surface area (Å²) < 4.78 is 10.7. The predicted octanol–water partition coefficient (Wildman–Crippen LogP) is 9.53. The first-order valence-corrected chi connectivity index (χ1v) is 15.6. The molecule has 4 heteroatoms. The van der Waals surface area contributed by atoms with Crippen molar-refractivity contribution >= 4 is 11.9 Å². The van der Waals surface area contributed by atoms with Crippen molar-refractivity contribution < 1.29 is 19.1 Å². The van der Waals surface area contributed by atoms with Crippen molar-refractivity contribution in [1.29, 1.82) is 0 Å². The van der Waals surface area contributed by atoms with E-state index < -0.39 is 0 Å².